The Morgan fingerprint density at radius 2 is 1.96 bits per heavy atom. The maximum Gasteiger partial charge on any atom is 0.254 e. The van der Waals surface area contributed by atoms with Gasteiger partial charge in [0, 0.05) is 12.7 Å². The highest BCUT2D eigenvalue weighted by Gasteiger charge is 2.34. The Bertz CT molecular complexity index is 635. The summed E-state index contributed by atoms with van der Waals surface area (Å²) >= 11 is 0. The van der Waals surface area contributed by atoms with Gasteiger partial charge in [0.15, 0.2) is 0 Å². The van der Waals surface area contributed by atoms with Crippen LogP contribution in [0.5, 0.6) is 0 Å². The maximum atomic E-state index is 12.4. The summed E-state index contributed by atoms with van der Waals surface area (Å²) in [6.07, 6.45) is 7.61. The van der Waals surface area contributed by atoms with E-state index in [1.54, 1.807) is 17.1 Å². The van der Waals surface area contributed by atoms with Crippen LogP contribution in [0.25, 0.3) is 0 Å². The smallest absolute Gasteiger partial charge is 0.254 e. The van der Waals surface area contributed by atoms with E-state index in [0.717, 1.165) is 31.2 Å². The molecule has 23 heavy (non-hydrogen) atoms. The van der Waals surface area contributed by atoms with Crippen molar-refractivity contribution in [2.45, 2.75) is 37.8 Å². The molecule has 3 rings (SSSR count). The average Bonchev–Trinajstić information content (AvgIpc) is 3.18. The lowest BCUT2D eigenvalue weighted by molar-refractivity contribution is 0.0903. The Balaban J connectivity index is 0.00000192. The number of rotatable bonds is 5. The fraction of sp³-hybridized carbons (Fsp3) is 0.412. The van der Waals surface area contributed by atoms with Gasteiger partial charge in [0.1, 0.15) is 0 Å². The highest BCUT2D eigenvalue weighted by atomic mass is 35.5. The van der Waals surface area contributed by atoms with Gasteiger partial charge in [-0.15, -0.1) is 12.4 Å². The zero-order valence-corrected chi connectivity index (χ0v) is 13.9. The molecule has 5 nitrogen and oxygen atoms in total. The Morgan fingerprint density at radius 1 is 1.26 bits per heavy atom. The highest BCUT2D eigenvalue weighted by Crippen LogP contribution is 2.28. The van der Waals surface area contributed by atoms with Crippen molar-refractivity contribution >= 4 is 18.3 Å². The molecule has 0 bridgehead atoms. The molecule has 1 fully saturated rings. The molecule has 0 atom stereocenters. The summed E-state index contributed by atoms with van der Waals surface area (Å²) in [5, 5.41) is 7.40. The third-order valence-corrected chi connectivity index (χ3v) is 4.41. The van der Waals surface area contributed by atoms with Crippen LogP contribution in [0.3, 0.4) is 0 Å². The fourth-order valence-corrected chi connectivity index (χ4v) is 3.08. The number of amides is 1. The molecule has 1 aliphatic carbocycles. The van der Waals surface area contributed by atoms with Crippen molar-refractivity contribution in [2.24, 2.45) is 5.73 Å². The summed E-state index contributed by atoms with van der Waals surface area (Å²) in [5.74, 6) is -0.0772. The third kappa shape index (κ3) is 4.12. The van der Waals surface area contributed by atoms with E-state index >= 15 is 0 Å². The Morgan fingerprint density at radius 3 is 2.61 bits per heavy atom. The second-order valence-corrected chi connectivity index (χ2v) is 6.06. The third-order valence-electron chi connectivity index (χ3n) is 4.41. The number of nitrogens with two attached hydrogens (primary N) is 1. The largest absolute Gasteiger partial charge is 0.345 e. The molecule has 0 radical (unpaired) electrons. The number of halogens is 1. The normalized spacial score (nSPS) is 15.9. The summed E-state index contributed by atoms with van der Waals surface area (Å²) in [7, 11) is 0. The topological polar surface area (TPSA) is 72.9 Å². The van der Waals surface area contributed by atoms with Gasteiger partial charge in [0.05, 0.1) is 23.8 Å². The standard InChI is InChI=1S/C17H22N4O.ClH/c18-13-17(8-4-5-9-17)20-16(22)15-10-19-21(12-15)11-14-6-2-1-3-7-14;/h1-3,6-7,10,12H,4-5,8-9,11,13,18H2,(H,20,22);1H. The molecule has 0 saturated heterocycles. The summed E-state index contributed by atoms with van der Waals surface area (Å²) in [5.41, 5.74) is 7.40. The Hall–Kier alpha value is -1.85. The van der Waals surface area contributed by atoms with Crippen LogP contribution in [0.4, 0.5) is 0 Å². The van der Waals surface area contributed by atoms with Gasteiger partial charge >= 0.3 is 0 Å². The molecule has 0 aliphatic heterocycles. The summed E-state index contributed by atoms with van der Waals surface area (Å²) in [6, 6.07) is 10.1. The molecular weight excluding hydrogens is 312 g/mol. The number of hydrogen-bond acceptors (Lipinski definition) is 3. The van der Waals surface area contributed by atoms with Gasteiger partial charge in [0.25, 0.3) is 5.91 Å². The van der Waals surface area contributed by atoms with Crippen LogP contribution in [0.2, 0.25) is 0 Å². The van der Waals surface area contributed by atoms with E-state index in [4.69, 9.17) is 5.73 Å². The van der Waals surface area contributed by atoms with Crippen molar-refractivity contribution < 1.29 is 4.79 Å². The molecule has 1 aromatic carbocycles. The molecule has 1 aromatic heterocycles. The van der Waals surface area contributed by atoms with E-state index < -0.39 is 0 Å². The van der Waals surface area contributed by atoms with Gasteiger partial charge in [-0.2, -0.15) is 5.10 Å². The first-order chi connectivity index (χ1) is 10.7. The van der Waals surface area contributed by atoms with Crippen molar-refractivity contribution in [2.75, 3.05) is 6.54 Å². The lowest BCUT2D eigenvalue weighted by atomic mass is 9.97. The van der Waals surface area contributed by atoms with Crippen molar-refractivity contribution in [3.8, 4) is 0 Å². The Labute approximate surface area is 142 Å². The van der Waals surface area contributed by atoms with Crippen LogP contribution in [0.15, 0.2) is 42.7 Å². The van der Waals surface area contributed by atoms with Crippen molar-refractivity contribution in [3.05, 3.63) is 53.9 Å². The molecule has 2 aromatic rings. The minimum atomic E-state index is -0.224. The SMILES string of the molecule is Cl.NCC1(NC(=O)c2cnn(Cc3ccccc3)c2)CCCC1. The van der Waals surface area contributed by atoms with Crippen LogP contribution < -0.4 is 11.1 Å². The molecule has 1 saturated carbocycles. The second kappa shape index (κ2) is 7.62. The first-order valence-electron chi connectivity index (χ1n) is 7.80. The van der Waals surface area contributed by atoms with Crippen LogP contribution in [-0.4, -0.2) is 27.8 Å². The number of aromatic nitrogens is 2. The van der Waals surface area contributed by atoms with Gasteiger partial charge in [0.2, 0.25) is 0 Å². The fourth-order valence-electron chi connectivity index (χ4n) is 3.08. The molecule has 0 unspecified atom stereocenters. The average molecular weight is 335 g/mol. The van der Waals surface area contributed by atoms with Gasteiger partial charge in [-0.1, -0.05) is 43.2 Å². The summed E-state index contributed by atoms with van der Waals surface area (Å²) in [6.45, 7) is 1.16. The van der Waals surface area contributed by atoms with Crippen LogP contribution in [0.1, 0.15) is 41.6 Å². The van der Waals surface area contributed by atoms with E-state index in [9.17, 15) is 4.79 Å². The molecule has 1 aliphatic rings. The van der Waals surface area contributed by atoms with Gasteiger partial charge in [-0.05, 0) is 18.4 Å². The predicted molar refractivity (Wildman–Crippen MR) is 92.7 cm³/mol. The number of carbonyl (C=O) groups is 1. The maximum absolute atomic E-state index is 12.4. The van der Waals surface area contributed by atoms with Crippen molar-refractivity contribution in [1.29, 1.82) is 0 Å². The van der Waals surface area contributed by atoms with Crippen LogP contribution in [0, 0.1) is 0 Å². The number of carbonyl (C=O) groups excluding carboxylic acids is 1. The quantitative estimate of drug-likeness (QED) is 0.881. The zero-order valence-electron chi connectivity index (χ0n) is 13.1. The first-order valence-corrected chi connectivity index (χ1v) is 7.80. The number of benzene rings is 1. The molecule has 1 heterocycles. The van der Waals surface area contributed by atoms with Crippen LogP contribution in [-0.2, 0) is 6.54 Å². The molecule has 124 valence electrons. The molecule has 1 amide bonds. The Kier molecular flexibility index (Phi) is 5.80. The lowest BCUT2D eigenvalue weighted by Gasteiger charge is -2.28. The summed E-state index contributed by atoms with van der Waals surface area (Å²) < 4.78 is 1.79. The number of nitrogens with one attached hydrogen (secondary N) is 1. The summed E-state index contributed by atoms with van der Waals surface area (Å²) in [4.78, 5) is 12.4. The van der Waals surface area contributed by atoms with Gasteiger partial charge < -0.3 is 11.1 Å². The first kappa shape index (κ1) is 17.5. The highest BCUT2D eigenvalue weighted by molar-refractivity contribution is 5.94. The molecule has 6 heteroatoms. The molecule has 3 N–H and O–H groups in total. The van der Waals surface area contributed by atoms with E-state index in [2.05, 4.69) is 10.4 Å². The number of nitrogens with zero attached hydrogens (tertiary/aromatic N) is 2. The van der Waals surface area contributed by atoms with Crippen LogP contribution >= 0.6 is 12.4 Å². The van der Waals surface area contributed by atoms with Gasteiger partial charge in [-0.25, -0.2) is 0 Å². The zero-order chi connectivity index (χ0) is 15.4. The van der Waals surface area contributed by atoms with E-state index in [0.29, 0.717) is 18.7 Å². The lowest BCUT2D eigenvalue weighted by Crippen LogP contribution is -2.51. The van der Waals surface area contributed by atoms with Gasteiger partial charge in [-0.3, -0.25) is 9.48 Å². The van der Waals surface area contributed by atoms with E-state index in [-0.39, 0.29) is 23.9 Å². The number of hydrogen-bond donors (Lipinski definition) is 2. The second-order valence-electron chi connectivity index (χ2n) is 6.06. The monoisotopic (exact) mass is 334 g/mol. The minimum absolute atomic E-state index is 0. The molecular formula is C17H23ClN4O. The van der Waals surface area contributed by atoms with Crippen molar-refractivity contribution in [1.82, 2.24) is 15.1 Å². The van der Waals surface area contributed by atoms with E-state index in [1.807, 2.05) is 30.3 Å². The minimum Gasteiger partial charge on any atom is -0.345 e. The predicted octanol–water partition coefficient (Wildman–Crippen LogP) is 2.35. The van der Waals surface area contributed by atoms with Crippen molar-refractivity contribution in [3.63, 3.8) is 0 Å². The van der Waals surface area contributed by atoms with E-state index in [1.165, 1.54) is 0 Å². The molecule has 0 spiro atoms.